The van der Waals surface area contributed by atoms with Crippen LogP contribution in [-0.4, -0.2) is 70.7 Å². The molecule has 0 unspecified atom stereocenters. The van der Waals surface area contributed by atoms with Gasteiger partial charge in [0.1, 0.15) is 16.4 Å². The van der Waals surface area contributed by atoms with E-state index in [-0.39, 0.29) is 23.7 Å². The number of rotatable bonds is 5. The van der Waals surface area contributed by atoms with E-state index in [1.165, 1.54) is 29.5 Å². The fraction of sp³-hybridized carbons (Fsp3) is 0.562. The predicted molar refractivity (Wildman–Crippen MR) is 91.5 cm³/mol. The molecule has 25 heavy (non-hydrogen) atoms. The molecule has 1 aromatic carbocycles. The number of methoxy groups -OCH3 is 2. The number of ether oxygens (including phenoxy) is 3. The summed E-state index contributed by atoms with van der Waals surface area (Å²) < 4.78 is 42.8. The highest BCUT2D eigenvalue weighted by Gasteiger charge is 2.31. The average molecular weight is 372 g/mol. The van der Waals surface area contributed by atoms with E-state index < -0.39 is 16.1 Å². The molecule has 2 rings (SSSR count). The first-order chi connectivity index (χ1) is 11.9. The van der Waals surface area contributed by atoms with E-state index in [0.29, 0.717) is 31.9 Å². The molecule has 8 nitrogen and oxygen atoms in total. The quantitative estimate of drug-likeness (QED) is 0.780. The molecule has 1 amide bonds. The largest absolute Gasteiger partial charge is 0.497 e. The van der Waals surface area contributed by atoms with Crippen molar-refractivity contribution in [2.45, 2.75) is 18.2 Å². The van der Waals surface area contributed by atoms with E-state index >= 15 is 0 Å². The molecule has 1 aliphatic rings. The predicted octanol–water partition coefficient (Wildman–Crippen LogP) is 1.56. The lowest BCUT2D eigenvalue weighted by Gasteiger charge is -2.22. The van der Waals surface area contributed by atoms with E-state index in [0.717, 1.165) is 0 Å². The summed E-state index contributed by atoms with van der Waals surface area (Å²) in [5.74, 6) is 0.689. The molecule has 1 heterocycles. The van der Waals surface area contributed by atoms with E-state index in [9.17, 15) is 13.2 Å². The van der Waals surface area contributed by atoms with Gasteiger partial charge in [0.2, 0.25) is 10.0 Å². The van der Waals surface area contributed by atoms with Gasteiger partial charge in [-0.1, -0.05) is 0 Å². The van der Waals surface area contributed by atoms with Gasteiger partial charge < -0.3 is 19.1 Å². The van der Waals surface area contributed by atoms with Gasteiger partial charge in [-0.3, -0.25) is 0 Å². The zero-order valence-electron chi connectivity index (χ0n) is 14.7. The van der Waals surface area contributed by atoms with Crippen molar-refractivity contribution >= 4 is 16.1 Å². The van der Waals surface area contributed by atoms with Gasteiger partial charge in [0, 0.05) is 32.2 Å². The highest BCUT2D eigenvalue weighted by atomic mass is 32.2. The number of amides is 1. The Balaban J connectivity index is 2.24. The summed E-state index contributed by atoms with van der Waals surface area (Å²) >= 11 is 0. The van der Waals surface area contributed by atoms with Crippen LogP contribution in [0.3, 0.4) is 0 Å². The summed E-state index contributed by atoms with van der Waals surface area (Å²) in [5.41, 5.74) is 0. The number of sulfonamides is 1. The van der Waals surface area contributed by atoms with Crippen molar-refractivity contribution in [3.8, 4) is 11.5 Å². The minimum Gasteiger partial charge on any atom is -0.497 e. The smallest absolute Gasteiger partial charge is 0.409 e. The molecule has 0 N–H and O–H groups in total. The molecular weight excluding hydrogens is 348 g/mol. The van der Waals surface area contributed by atoms with Crippen LogP contribution in [0.1, 0.15) is 13.3 Å². The van der Waals surface area contributed by atoms with Crippen LogP contribution < -0.4 is 9.47 Å². The van der Waals surface area contributed by atoms with E-state index in [1.54, 1.807) is 19.1 Å². The number of carbonyl (C=O) groups is 1. The molecule has 0 atom stereocenters. The lowest BCUT2D eigenvalue weighted by atomic mass is 10.3. The summed E-state index contributed by atoms with van der Waals surface area (Å²) in [6.07, 6.45) is 0.116. The first kappa shape index (κ1) is 19.3. The number of carbonyl (C=O) groups excluding carboxylic acids is 1. The molecule has 0 aromatic heterocycles. The van der Waals surface area contributed by atoms with Crippen molar-refractivity contribution in [3.05, 3.63) is 18.2 Å². The number of nitrogens with zero attached hydrogens (tertiary/aromatic N) is 2. The fourth-order valence-electron chi connectivity index (χ4n) is 2.66. The van der Waals surface area contributed by atoms with Gasteiger partial charge >= 0.3 is 6.09 Å². The lowest BCUT2D eigenvalue weighted by Crippen LogP contribution is -2.37. The topological polar surface area (TPSA) is 85.4 Å². The van der Waals surface area contributed by atoms with Crippen LogP contribution in [0.5, 0.6) is 11.5 Å². The maximum Gasteiger partial charge on any atom is 0.409 e. The molecule has 1 saturated heterocycles. The zero-order chi connectivity index (χ0) is 18.4. The number of hydrogen-bond donors (Lipinski definition) is 0. The SMILES string of the molecule is CCOC(=O)N1CCCN(S(=O)(=O)c2cc(OC)ccc2OC)CC1. The van der Waals surface area contributed by atoms with E-state index in [4.69, 9.17) is 14.2 Å². The zero-order valence-corrected chi connectivity index (χ0v) is 15.5. The Morgan fingerprint density at radius 2 is 1.88 bits per heavy atom. The molecule has 0 saturated carbocycles. The van der Waals surface area contributed by atoms with Crippen molar-refractivity contribution in [2.75, 3.05) is 47.0 Å². The highest BCUT2D eigenvalue weighted by Crippen LogP contribution is 2.31. The fourth-order valence-corrected chi connectivity index (χ4v) is 4.30. The summed E-state index contributed by atoms with van der Waals surface area (Å²) in [6.45, 7) is 3.28. The lowest BCUT2D eigenvalue weighted by molar-refractivity contribution is 0.109. The third kappa shape index (κ3) is 4.35. The molecule has 1 aromatic rings. The number of hydrogen-bond acceptors (Lipinski definition) is 6. The van der Waals surface area contributed by atoms with Crippen molar-refractivity contribution in [3.63, 3.8) is 0 Å². The van der Waals surface area contributed by atoms with Crippen molar-refractivity contribution in [2.24, 2.45) is 0 Å². The van der Waals surface area contributed by atoms with Crippen LogP contribution in [0.15, 0.2) is 23.1 Å². The molecule has 0 radical (unpaired) electrons. The van der Waals surface area contributed by atoms with E-state index in [1.807, 2.05) is 0 Å². The molecular formula is C16H24N2O6S. The minimum absolute atomic E-state index is 0.0546. The maximum absolute atomic E-state index is 13.0. The third-order valence-corrected chi connectivity index (χ3v) is 5.89. The first-order valence-electron chi connectivity index (χ1n) is 8.08. The Kier molecular flexibility index (Phi) is 6.49. The Labute approximate surface area is 148 Å². The van der Waals surface area contributed by atoms with Gasteiger partial charge in [0.05, 0.1) is 20.8 Å². The van der Waals surface area contributed by atoms with Crippen LogP contribution in [0.4, 0.5) is 4.79 Å². The third-order valence-electron chi connectivity index (χ3n) is 3.97. The highest BCUT2D eigenvalue weighted by molar-refractivity contribution is 7.89. The van der Waals surface area contributed by atoms with Crippen molar-refractivity contribution in [1.82, 2.24) is 9.21 Å². The Bertz CT molecular complexity index is 707. The minimum atomic E-state index is -3.77. The normalized spacial score (nSPS) is 16.2. The Morgan fingerprint density at radius 3 is 2.52 bits per heavy atom. The monoisotopic (exact) mass is 372 g/mol. The van der Waals surface area contributed by atoms with Gasteiger partial charge in [-0.25, -0.2) is 13.2 Å². The molecule has 0 bridgehead atoms. The first-order valence-corrected chi connectivity index (χ1v) is 9.52. The molecule has 0 spiro atoms. The standard InChI is InChI=1S/C16H24N2O6S/c1-4-24-16(19)17-8-5-9-18(11-10-17)25(20,21)15-12-13(22-2)6-7-14(15)23-3/h6-7,12H,4-5,8-11H2,1-3H3. The molecule has 140 valence electrons. The van der Waals surface area contributed by atoms with Crippen LogP contribution in [-0.2, 0) is 14.8 Å². The summed E-state index contributed by atoms with van der Waals surface area (Å²) in [7, 11) is -0.877. The molecule has 1 aliphatic heterocycles. The van der Waals surface area contributed by atoms with Gasteiger partial charge in [-0.05, 0) is 25.5 Å². The second kappa shape index (κ2) is 8.39. The van der Waals surface area contributed by atoms with Crippen LogP contribution in [0, 0.1) is 0 Å². The molecule has 0 aliphatic carbocycles. The second-order valence-corrected chi connectivity index (χ2v) is 7.37. The molecule has 9 heteroatoms. The maximum atomic E-state index is 13.0. The van der Waals surface area contributed by atoms with E-state index in [2.05, 4.69) is 0 Å². The number of benzene rings is 1. The van der Waals surface area contributed by atoms with Gasteiger partial charge in [0.15, 0.2) is 0 Å². The Hall–Kier alpha value is -2.00. The van der Waals surface area contributed by atoms with Crippen molar-refractivity contribution < 1.29 is 27.4 Å². The van der Waals surface area contributed by atoms with Gasteiger partial charge in [-0.2, -0.15) is 4.31 Å². The van der Waals surface area contributed by atoms with Crippen LogP contribution >= 0.6 is 0 Å². The molecule has 1 fully saturated rings. The van der Waals surface area contributed by atoms with Crippen molar-refractivity contribution in [1.29, 1.82) is 0 Å². The summed E-state index contributed by atoms with van der Waals surface area (Å²) in [6, 6.07) is 4.65. The summed E-state index contributed by atoms with van der Waals surface area (Å²) in [5, 5.41) is 0. The van der Waals surface area contributed by atoms with Crippen LogP contribution in [0.2, 0.25) is 0 Å². The second-order valence-electron chi connectivity index (χ2n) is 5.46. The average Bonchev–Trinajstić information content (AvgIpc) is 2.88. The van der Waals surface area contributed by atoms with Crippen LogP contribution in [0.25, 0.3) is 0 Å². The van der Waals surface area contributed by atoms with Gasteiger partial charge in [0.25, 0.3) is 0 Å². The Morgan fingerprint density at radius 1 is 1.12 bits per heavy atom. The van der Waals surface area contributed by atoms with Gasteiger partial charge in [-0.15, -0.1) is 0 Å². The summed E-state index contributed by atoms with van der Waals surface area (Å²) in [4.78, 5) is 13.4.